The predicted molar refractivity (Wildman–Crippen MR) is 99.0 cm³/mol. The van der Waals surface area contributed by atoms with Crippen LogP contribution in [0.15, 0.2) is 29.1 Å². The van der Waals surface area contributed by atoms with Gasteiger partial charge in [-0.15, -0.1) is 0 Å². The highest BCUT2D eigenvalue weighted by molar-refractivity contribution is 5.80. The van der Waals surface area contributed by atoms with Crippen LogP contribution in [-0.4, -0.2) is 24.5 Å². The second kappa shape index (κ2) is 7.72. The van der Waals surface area contributed by atoms with Crippen LogP contribution in [0.2, 0.25) is 0 Å². The van der Waals surface area contributed by atoms with Gasteiger partial charge in [0.25, 0.3) is 5.56 Å². The van der Waals surface area contributed by atoms with E-state index in [1.54, 1.807) is 7.11 Å². The van der Waals surface area contributed by atoms with Crippen LogP contribution < -0.4 is 15.6 Å². The van der Waals surface area contributed by atoms with Crippen LogP contribution in [-0.2, 0) is 11.2 Å². The number of amides is 1. The van der Waals surface area contributed by atoms with E-state index in [9.17, 15) is 9.59 Å². The molecule has 0 spiro atoms. The van der Waals surface area contributed by atoms with Crippen molar-refractivity contribution in [2.75, 3.05) is 13.7 Å². The highest BCUT2D eigenvalue weighted by Crippen LogP contribution is 2.31. The van der Waals surface area contributed by atoms with Gasteiger partial charge in [-0.3, -0.25) is 9.59 Å². The molecule has 1 fully saturated rings. The minimum absolute atomic E-state index is 0.0600. The van der Waals surface area contributed by atoms with Gasteiger partial charge in [-0.1, -0.05) is 19.8 Å². The SMILES string of the molecule is COc1ccc2cc(CCNC(=O)C(C)C3CCCC3)c(=O)[nH]c2c1. The molecule has 2 aromatic rings. The number of fused-ring (bicyclic) bond motifs is 1. The van der Waals surface area contributed by atoms with Crippen LogP contribution in [0.25, 0.3) is 10.9 Å². The Morgan fingerprint density at radius 1 is 1.32 bits per heavy atom. The summed E-state index contributed by atoms with van der Waals surface area (Å²) in [5.74, 6) is 1.39. The lowest BCUT2D eigenvalue weighted by molar-refractivity contribution is -0.125. The maximum absolute atomic E-state index is 12.3. The molecule has 1 saturated carbocycles. The van der Waals surface area contributed by atoms with E-state index in [0.29, 0.717) is 30.2 Å². The number of ether oxygens (including phenoxy) is 1. The fraction of sp³-hybridized carbons (Fsp3) is 0.500. The van der Waals surface area contributed by atoms with Crippen molar-refractivity contribution in [3.05, 3.63) is 40.2 Å². The molecule has 1 aromatic heterocycles. The zero-order chi connectivity index (χ0) is 17.8. The van der Waals surface area contributed by atoms with Crippen molar-refractivity contribution in [1.29, 1.82) is 0 Å². The third-order valence-corrected chi connectivity index (χ3v) is 5.34. The predicted octanol–water partition coefficient (Wildman–Crippen LogP) is 3.02. The van der Waals surface area contributed by atoms with Crippen molar-refractivity contribution in [3.8, 4) is 5.75 Å². The molecule has 1 amide bonds. The summed E-state index contributed by atoms with van der Waals surface area (Å²) in [4.78, 5) is 27.4. The lowest BCUT2D eigenvalue weighted by Crippen LogP contribution is -2.34. The van der Waals surface area contributed by atoms with Crippen molar-refractivity contribution in [3.63, 3.8) is 0 Å². The monoisotopic (exact) mass is 342 g/mol. The molecule has 1 unspecified atom stereocenters. The van der Waals surface area contributed by atoms with Crippen LogP contribution in [0.5, 0.6) is 5.75 Å². The third-order valence-electron chi connectivity index (χ3n) is 5.34. The van der Waals surface area contributed by atoms with Gasteiger partial charge in [-0.2, -0.15) is 0 Å². The summed E-state index contributed by atoms with van der Waals surface area (Å²) in [5.41, 5.74) is 1.33. The number of H-pyrrole nitrogens is 1. The summed E-state index contributed by atoms with van der Waals surface area (Å²) >= 11 is 0. The molecule has 1 aliphatic rings. The molecular formula is C20H26N2O3. The highest BCUT2D eigenvalue weighted by atomic mass is 16.5. The summed E-state index contributed by atoms with van der Waals surface area (Å²) in [5, 5.41) is 3.95. The normalized spacial score (nSPS) is 16.1. The van der Waals surface area contributed by atoms with Crippen molar-refractivity contribution in [1.82, 2.24) is 10.3 Å². The van der Waals surface area contributed by atoms with Gasteiger partial charge < -0.3 is 15.0 Å². The molecule has 2 N–H and O–H groups in total. The first-order chi connectivity index (χ1) is 12.1. The molecule has 0 bridgehead atoms. The van der Waals surface area contributed by atoms with Crippen molar-refractivity contribution in [2.45, 2.75) is 39.0 Å². The second-order valence-corrected chi connectivity index (χ2v) is 6.95. The first-order valence-electron chi connectivity index (χ1n) is 9.06. The molecule has 0 saturated heterocycles. The molecule has 5 nitrogen and oxygen atoms in total. The van der Waals surface area contributed by atoms with Gasteiger partial charge in [0.2, 0.25) is 5.91 Å². The lowest BCUT2D eigenvalue weighted by atomic mass is 9.92. The topological polar surface area (TPSA) is 71.2 Å². The number of hydrogen-bond acceptors (Lipinski definition) is 3. The summed E-state index contributed by atoms with van der Waals surface area (Å²) in [6.45, 7) is 2.50. The Hall–Kier alpha value is -2.30. The zero-order valence-electron chi connectivity index (χ0n) is 14.9. The van der Waals surface area contributed by atoms with Gasteiger partial charge in [0, 0.05) is 24.1 Å². The Morgan fingerprint density at radius 3 is 2.80 bits per heavy atom. The van der Waals surface area contributed by atoms with E-state index < -0.39 is 0 Å². The molecule has 5 heteroatoms. The van der Waals surface area contributed by atoms with Crippen molar-refractivity contribution < 1.29 is 9.53 Å². The van der Waals surface area contributed by atoms with Crippen LogP contribution >= 0.6 is 0 Å². The number of carbonyl (C=O) groups excluding carboxylic acids is 1. The Bertz CT molecular complexity index is 806. The number of benzene rings is 1. The Morgan fingerprint density at radius 2 is 2.08 bits per heavy atom. The fourth-order valence-corrected chi connectivity index (χ4v) is 3.69. The van der Waals surface area contributed by atoms with Gasteiger partial charge in [-0.25, -0.2) is 0 Å². The maximum atomic E-state index is 12.3. The van der Waals surface area contributed by atoms with E-state index in [2.05, 4.69) is 10.3 Å². The standard InChI is InChI=1S/C20H26N2O3/c1-13(14-5-3-4-6-14)19(23)21-10-9-16-11-15-7-8-17(25-2)12-18(15)22-20(16)24/h7-8,11-14H,3-6,9-10H2,1-2H3,(H,21,23)(H,22,24). The zero-order valence-corrected chi connectivity index (χ0v) is 14.9. The van der Waals surface area contributed by atoms with Gasteiger partial charge in [0.05, 0.1) is 12.6 Å². The van der Waals surface area contributed by atoms with E-state index in [1.165, 1.54) is 12.8 Å². The fourth-order valence-electron chi connectivity index (χ4n) is 3.69. The number of aromatic amines is 1. The quantitative estimate of drug-likeness (QED) is 0.848. The Kier molecular flexibility index (Phi) is 5.41. The van der Waals surface area contributed by atoms with Gasteiger partial charge in [0.1, 0.15) is 5.75 Å². The number of carbonyl (C=O) groups is 1. The second-order valence-electron chi connectivity index (χ2n) is 6.95. The van der Waals surface area contributed by atoms with Crippen LogP contribution in [0, 0.1) is 11.8 Å². The first-order valence-corrected chi connectivity index (χ1v) is 9.06. The van der Waals surface area contributed by atoms with Gasteiger partial charge in [-0.05, 0) is 48.8 Å². The largest absolute Gasteiger partial charge is 0.497 e. The third kappa shape index (κ3) is 4.03. The van der Waals surface area contributed by atoms with Crippen LogP contribution in [0.1, 0.15) is 38.2 Å². The van der Waals surface area contributed by atoms with Gasteiger partial charge >= 0.3 is 0 Å². The smallest absolute Gasteiger partial charge is 0.251 e. The minimum atomic E-state index is -0.112. The molecule has 0 radical (unpaired) electrons. The van der Waals surface area contributed by atoms with Gasteiger partial charge in [0.15, 0.2) is 0 Å². The molecule has 0 aliphatic heterocycles. The number of hydrogen-bond donors (Lipinski definition) is 2. The number of nitrogens with one attached hydrogen (secondary N) is 2. The summed E-state index contributed by atoms with van der Waals surface area (Å²) in [6.07, 6.45) is 5.31. The summed E-state index contributed by atoms with van der Waals surface area (Å²) in [7, 11) is 1.60. The van der Waals surface area contributed by atoms with Crippen molar-refractivity contribution >= 4 is 16.8 Å². The average molecular weight is 342 g/mol. The number of aromatic nitrogens is 1. The summed E-state index contributed by atoms with van der Waals surface area (Å²) < 4.78 is 5.18. The summed E-state index contributed by atoms with van der Waals surface area (Å²) in [6, 6.07) is 7.50. The van der Waals surface area contributed by atoms with E-state index in [0.717, 1.165) is 23.7 Å². The molecule has 1 aromatic carbocycles. The van der Waals surface area contributed by atoms with E-state index in [1.807, 2.05) is 31.2 Å². The van der Waals surface area contributed by atoms with Crippen molar-refractivity contribution in [2.24, 2.45) is 11.8 Å². The number of methoxy groups -OCH3 is 1. The molecule has 1 atom stereocenters. The number of pyridine rings is 1. The van der Waals surface area contributed by atoms with E-state index in [4.69, 9.17) is 4.74 Å². The van der Waals surface area contributed by atoms with Crippen LogP contribution in [0.4, 0.5) is 0 Å². The number of rotatable bonds is 6. The molecular weight excluding hydrogens is 316 g/mol. The first kappa shape index (κ1) is 17.5. The molecule has 1 aliphatic carbocycles. The van der Waals surface area contributed by atoms with E-state index in [-0.39, 0.29) is 17.4 Å². The molecule has 25 heavy (non-hydrogen) atoms. The Labute approximate surface area is 147 Å². The average Bonchev–Trinajstić information content (AvgIpc) is 3.15. The molecule has 1 heterocycles. The highest BCUT2D eigenvalue weighted by Gasteiger charge is 2.26. The van der Waals surface area contributed by atoms with Crippen LogP contribution in [0.3, 0.4) is 0 Å². The Balaban J connectivity index is 1.62. The molecule has 134 valence electrons. The molecule has 3 rings (SSSR count). The maximum Gasteiger partial charge on any atom is 0.251 e. The minimum Gasteiger partial charge on any atom is -0.497 e. The lowest BCUT2D eigenvalue weighted by Gasteiger charge is -2.18. The van der Waals surface area contributed by atoms with E-state index >= 15 is 0 Å².